The molecule has 1 rings (SSSR count). The van der Waals surface area contributed by atoms with Crippen LogP contribution in [-0.4, -0.2) is 16.9 Å². The van der Waals surface area contributed by atoms with Crippen molar-refractivity contribution in [3.8, 4) is 0 Å². The fraction of sp³-hybridized carbons (Fsp3) is 0.958. The minimum Gasteiger partial charge on any atom is -0.356 e. The van der Waals surface area contributed by atoms with Gasteiger partial charge in [0.1, 0.15) is 5.50 Å². The van der Waals surface area contributed by atoms with Crippen molar-refractivity contribution in [2.24, 2.45) is 4.99 Å². The fourth-order valence-corrected chi connectivity index (χ4v) is 4.79. The van der Waals surface area contributed by atoms with E-state index in [9.17, 15) is 0 Å². The number of hydrogen-bond acceptors (Lipinski definition) is 2. The van der Waals surface area contributed by atoms with Crippen molar-refractivity contribution in [3.63, 3.8) is 0 Å². The summed E-state index contributed by atoms with van der Waals surface area (Å²) < 4.78 is 0. The Labute approximate surface area is 175 Å². The van der Waals surface area contributed by atoms with Crippen LogP contribution < -0.4 is 5.32 Å². The minimum atomic E-state index is -0.0456. The van der Waals surface area contributed by atoms with Gasteiger partial charge < -0.3 is 5.32 Å². The maximum absolute atomic E-state index is 6.70. The highest BCUT2D eigenvalue weighted by Crippen LogP contribution is 2.35. The summed E-state index contributed by atoms with van der Waals surface area (Å²) >= 11 is 6.70. The van der Waals surface area contributed by atoms with Crippen LogP contribution in [-0.2, 0) is 0 Å². The molecule has 1 aliphatic rings. The van der Waals surface area contributed by atoms with Crippen molar-refractivity contribution in [2.75, 3.05) is 0 Å². The summed E-state index contributed by atoms with van der Waals surface area (Å²) in [5.41, 5.74) is -0.0533. The first-order valence-corrected chi connectivity index (χ1v) is 12.6. The molecule has 1 aliphatic heterocycles. The zero-order valence-corrected chi connectivity index (χ0v) is 19.4. The molecule has 0 saturated heterocycles. The molecule has 0 aliphatic carbocycles. The Morgan fingerprint density at radius 3 is 1.41 bits per heavy atom. The fourth-order valence-electron chi connectivity index (χ4n) is 4.36. The van der Waals surface area contributed by atoms with Crippen LogP contribution in [0.5, 0.6) is 0 Å². The number of amidine groups is 1. The number of nitrogens with zero attached hydrogens (tertiary/aromatic N) is 1. The average molecular weight is 399 g/mol. The molecular weight excluding hydrogens is 352 g/mol. The van der Waals surface area contributed by atoms with Crippen LogP contribution in [0.25, 0.3) is 0 Å². The monoisotopic (exact) mass is 398 g/mol. The van der Waals surface area contributed by atoms with Crippen LogP contribution in [0.4, 0.5) is 0 Å². The molecule has 0 fully saturated rings. The minimum absolute atomic E-state index is 0.00777. The number of rotatable bonds is 18. The lowest BCUT2D eigenvalue weighted by Crippen LogP contribution is -2.40. The molecule has 1 heterocycles. The number of halogens is 1. The van der Waals surface area contributed by atoms with E-state index >= 15 is 0 Å². The van der Waals surface area contributed by atoms with E-state index in [4.69, 9.17) is 16.6 Å². The van der Waals surface area contributed by atoms with E-state index in [0.29, 0.717) is 0 Å². The summed E-state index contributed by atoms with van der Waals surface area (Å²) in [5, 5.41) is 3.37. The molecule has 0 aromatic carbocycles. The summed E-state index contributed by atoms with van der Waals surface area (Å²) in [6.45, 7) is 6.64. The highest BCUT2D eigenvalue weighted by molar-refractivity contribution is 6.23. The summed E-state index contributed by atoms with van der Waals surface area (Å²) in [5.74, 6) is 1.04. The van der Waals surface area contributed by atoms with Crippen LogP contribution in [0.3, 0.4) is 0 Å². The molecule has 0 radical (unpaired) electrons. The van der Waals surface area contributed by atoms with Crippen molar-refractivity contribution >= 4 is 17.4 Å². The van der Waals surface area contributed by atoms with Gasteiger partial charge in [0.05, 0.1) is 11.4 Å². The summed E-state index contributed by atoms with van der Waals surface area (Å²) in [7, 11) is 0. The maximum Gasteiger partial charge on any atom is 0.128 e. The molecule has 0 aromatic rings. The van der Waals surface area contributed by atoms with Crippen molar-refractivity contribution in [1.29, 1.82) is 0 Å². The van der Waals surface area contributed by atoms with E-state index in [1.807, 2.05) is 0 Å². The molecule has 0 aromatic heterocycles. The Morgan fingerprint density at radius 2 is 1.07 bits per heavy atom. The van der Waals surface area contributed by atoms with Gasteiger partial charge in [-0.25, -0.2) is 0 Å². The van der Waals surface area contributed by atoms with E-state index in [1.165, 1.54) is 103 Å². The van der Waals surface area contributed by atoms with Gasteiger partial charge in [-0.05, 0) is 19.8 Å². The van der Waals surface area contributed by atoms with Crippen LogP contribution in [0.1, 0.15) is 136 Å². The van der Waals surface area contributed by atoms with Gasteiger partial charge in [0.25, 0.3) is 0 Å². The van der Waals surface area contributed by atoms with Crippen molar-refractivity contribution in [1.82, 2.24) is 5.32 Å². The number of hydrogen-bond donors (Lipinski definition) is 1. The van der Waals surface area contributed by atoms with Gasteiger partial charge in [-0.2, -0.15) is 0 Å². The quantitative estimate of drug-likeness (QED) is 0.140. The van der Waals surface area contributed by atoms with E-state index < -0.39 is 0 Å². The zero-order valence-electron chi connectivity index (χ0n) is 18.6. The molecule has 0 spiro atoms. The summed E-state index contributed by atoms with van der Waals surface area (Å²) in [6, 6.07) is 0. The predicted octanol–water partition coefficient (Wildman–Crippen LogP) is 8.37. The molecule has 27 heavy (non-hydrogen) atoms. The maximum atomic E-state index is 6.70. The third kappa shape index (κ3) is 10.8. The van der Waals surface area contributed by atoms with Crippen LogP contribution in [0.15, 0.2) is 4.99 Å². The van der Waals surface area contributed by atoms with Crippen molar-refractivity contribution in [2.45, 2.75) is 147 Å². The standard InChI is InChI=1S/C24H47ClN2/c1-4-6-8-10-12-14-16-18-20-24(23(25)26-22(3)27-24)21-19-17-15-13-11-9-7-5-2/h23H,4-21H2,1-3H3,(H,26,27). The molecule has 1 unspecified atom stereocenters. The Morgan fingerprint density at radius 1 is 0.704 bits per heavy atom. The SMILES string of the molecule is CCCCCCCCCCC1(CCCCCCCCCC)N=C(C)NC1Cl. The first kappa shape index (κ1) is 24.8. The average Bonchev–Trinajstić information content (AvgIpc) is 2.93. The molecule has 3 heteroatoms. The van der Waals surface area contributed by atoms with Crippen molar-refractivity contribution < 1.29 is 0 Å². The molecule has 1 atom stereocenters. The largest absolute Gasteiger partial charge is 0.356 e. The Balaban J connectivity index is 2.22. The molecule has 0 bridgehead atoms. The van der Waals surface area contributed by atoms with Gasteiger partial charge in [-0.1, -0.05) is 128 Å². The molecular formula is C24H47ClN2. The second kappa shape index (κ2) is 15.7. The lowest BCUT2D eigenvalue weighted by atomic mass is 9.87. The van der Waals surface area contributed by atoms with E-state index in [2.05, 4.69) is 26.1 Å². The number of nitrogens with one attached hydrogen (secondary N) is 1. The first-order chi connectivity index (χ1) is 13.1. The first-order valence-electron chi connectivity index (χ1n) is 12.1. The Hall–Kier alpha value is -0.240. The van der Waals surface area contributed by atoms with Crippen molar-refractivity contribution in [3.05, 3.63) is 0 Å². The van der Waals surface area contributed by atoms with Gasteiger partial charge in [-0.15, -0.1) is 0 Å². The molecule has 0 amide bonds. The lowest BCUT2D eigenvalue weighted by molar-refractivity contribution is 0.333. The van der Waals surface area contributed by atoms with Gasteiger partial charge in [0, 0.05) is 0 Å². The van der Waals surface area contributed by atoms with Crippen LogP contribution in [0, 0.1) is 0 Å². The van der Waals surface area contributed by atoms with Gasteiger partial charge in [0.2, 0.25) is 0 Å². The Kier molecular flexibility index (Phi) is 14.4. The number of aliphatic imine (C=N–C) groups is 1. The highest BCUT2D eigenvalue weighted by Gasteiger charge is 2.40. The third-order valence-corrected chi connectivity index (χ3v) is 6.64. The number of alkyl halides is 1. The molecule has 2 nitrogen and oxygen atoms in total. The molecule has 0 saturated carbocycles. The smallest absolute Gasteiger partial charge is 0.128 e. The topological polar surface area (TPSA) is 24.4 Å². The van der Waals surface area contributed by atoms with Crippen LogP contribution >= 0.6 is 11.6 Å². The van der Waals surface area contributed by atoms with Gasteiger partial charge in [-0.3, -0.25) is 4.99 Å². The van der Waals surface area contributed by atoms with Crippen LogP contribution in [0.2, 0.25) is 0 Å². The zero-order chi connectivity index (χ0) is 19.8. The highest BCUT2D eigenvalue weighted by atomic mass is 35.5. The molecule has 1 N–H and O–H groups in total. The molecule has 160 valence electrons. The lowest BCUT2D eigenvalue weighted by Gasteiger charge is -2.29. The van der Waals surface area contributed by atoms with Gasteiger partial charge in [0.15, 0.2) is 0 Å². The van der Waals surface area contributed by atoms with E-state index in [1.54, 1.807) is 0 Å². The normalized spacial score (nSPS) is 18.5. The van der Waals surface area contributed by atoms with Gasteiger partial charge >= 0.3 is 0 Å². The third-order valence-electron chi connectivity index (χ3n) is 6.12. The second-order valence-corrected chi connectivity index (χ2v) is 9.19. The summed E-state index contributed by atoms with van der Waals surface area (Å²) in [6.07, 6.45) is 24.2. The second-order valence-electron chi connectivity index (χ2n) is 8.76. The summed E-state index contributed by atoms with van der Waals surface area (Å²) in [4.78, 5) is 4.99. The predicted molar refractivity (Wildman–Crippen MR) is 123 cm³/mol. The van der Waals surface area contributed by atoms with E-state index in [-0.39, 0.29) is 11.0 Å². The number of unbranched alkanes of at least 4 members (excludes halogenated alkanes) is 14. The van der Waals surface area contributed by atoms with E-state index in [0.717, 1.165) is 18.7 Å². The Bertz CT molecular complexity index is 361.